The van der Waals surface area contributed by atoms with Crippen molar-refractivity contribution in [1.82, 2.24) is 9.88 Å². The van der Waals surface area contributed by atoms with Crippen molar-refractivity contribution in [3.63, 3.8) is 0 Å². The van der Waals surface area contributed by atoms with E-state index in [2.05, 4.69) is 21.9 Å². The zero-order chi connectivity index (χ0) is 31.4. The number of hydrogen-bond acceptors (Lipinski definition) is 7. The third kappa shape index (κ3) is 7.78. The Labute approximate surface area is 259 Å². The Balaban J connectivity index is 1.29. The van der Waals surface area contributed by atoms with E-state index < -0.39 is 11.7 Å². The molecule has 0 aliphatic carbocycles. The molecule has 0 amide bonds. The summed E-state index contributed by atoms with van der Waals surface area (Å²) >= 11 is 1.43. The third-order valence-corrected chi connectivity index (χ3v) is 8.86. The second-order valence-corrected chi connectivity index (χ2v) is 12.4. The molecule has 2 heterocycles. The number of thiazole rings is 1. The average Bonchev–Trinajstić information content (AvgIpc) is 3.40. The second kappa shape index (κ2) is 13.4. The number of halogens is 3. The number of ether oxygens (including phenoxy) is 1. The van der Waals surface area contributed by atoms with Crippen LogP contribution in [-0.2, 0) is 19.1 Å². The van der Waals surface area contributed by atoms with Gasteiger partial charge in [0.1, 0.15) is 16.5 Å². The summed E-state index contributed by atoms with van der Waals surface area (Å²) in [5.41, 5.74) is 3.08. The van der Waals surface area contributed by atoms with E-state index >= 15 is 0 Å². The number of rotatable bonds is 10. The van der Waals surface area contributed by atoms with Crippen molar-refractivity contribution in [3.8, 4) is 22.1 Å². The van der Waals surface area contributed by atoms with E-state index in [1.165, 1.54) is 29.5 Å². The van der Waals surface area contributed by atoms with Gasteiger partial charge in [0, 0.05) is 60.8 Å². The minimum Gasteiger partial charge on any atom is -0.508 e. The first-order valence-corrected chi connectivity index (χ1v) is 15.5. The fourth-order valence-corrected chi connectivity index (χ4v) is 6.29. The molecule has 0 spiro atoms. The number of piperazine rings is 1. The van der Waals surface area contributed by atoms with Crippen LogP contribution in [0.2, 0.25) is 0 Å². The summed E-state index contributed by atoms with van der Waals surface area (Å²) in [4.78, 5) is 23.5. The van der Waals surface area contributed by atoms with E-state index in [-0.39, 0.29) is 24.1 Å². The van der Waals surface area contributed by atoms with Crippen LogP contribution in [0.3, 0.4) is 0 Å². The number of benzene rings is 3. The van der Waals surface area contributed by atoms with E-state index in [4.69, 9.17) is 9.72 Å². The fraction of sp³-hybridized carbons (Fsp3) is 0.353. The molecule has 1 aliphatic rings. The van der Waals surface area contributed by atoms with E-state index in [0.29, 0.717) is 34.7 Å². The molecule has 44 heavy (non-hydrogen) atoms. The Morgan fingerprint density at radius 1 is 1.00 bits per heavy atom. The minimum absolute atomic E-state index is 0.0399. The van der Waals surface area contributed by atoms with Crippen LogP contribution in [-0.4, -0.2) is 53.1 Å². The van der Waals surface area contributed by atoms with Gasteiger partial charge in [0.05, 0.1) is 17.4 Å². The number of aromatic nitrogens is 1. The van der Waals surface area contributed by atoms with Gasteiger partial charge in [-0.05, 0) is 87.4 Å². The van der Waals surface area contributed by atoms with Gasteiger partial charge in [-0.3, -0.25) is 9.69 Å². The summed E-state index contributed by atoms with van der Waals surface area (Å²) in [6.07, 6.45) is -3.56. The Morgan fingerprint density at radius 2 is 1.68 bits per heavy atom. The number of Topliss-reactive ketones (excluding diaryl/α,β-unsaturated/α-hetero) is 1. The standard InChI is InChI=1S/C34H36F3N3O3S/c1-22(2)43-28-11-9-27(10-12-28)40-18-16-39(17-19-40)21-29-32(15-14-31(42)25-6-13-30(41)23(3)20-25)44-33(38-29)24-4-7-26(8-5-24)34(35,36)37/h4-13,20,22,41H,14-19,21H2,1-3H3. The molecule has 10 heteroatoms. The van der Waals surface area contributed by atoms with Gasteiger partial charge in [-0.1, -0.05) is 12.1 Å². The van der Waals surface area contributed by atoms with E-state index in [9.17, 15) is 23.1 Å². The molecular weight excluding hydrogens is 587 g/mol. The molecular formula is C34H36F3N3O3S. The summed E-state index contributed by atoms with van der Waals surface area (Å²) in [5, 5.41) is 10.5. The van der Waals surface area contributed by atoms with Gasteiger partial charge in [0.2, 0.25) is 0 Å². The summed E-state index contributed by atoms with van der Waals surface area (Å²) in [5.74, 6) is 0.952. The number of phenolic OH excluding ortho intramolecular Hbond substituents is 1. The summed E-state index contributed by atoms with van der Waals surface area (Å²) < 4.78 is 45.2. The highest BCUT2D eigenvalue weighted by atomic mass is 32.1. The molecule has 1 saturated heterocycles. The van der Waals surface area contributed by atoms with Gasteiger partial charge in [-0.2, -0.15) is 13.2 Å². The Hall–Kier alpha value is -3.89. The Morgan fingerprint density at radius 3 is 2.30 bits per heavy atom. The molecule has 1 N–H and O–H groups in total. The predicted molar refractivity (Wildman–Crippen MR) is 168 cm³/mol. The van der Waals surface area contributed by atoms with Crippen molar-refractivity contribution >= 4 is 22.8 Å². The summed E-state index contributed by atoms with van der Waals surface area (Å²) in [6, 6.07) is 18.0. The van der Waals surface area contributed by atoms with Gasteiger partial charge in [-0.25, -0.2) is 4.98 Å². The highest BCUT2D eigenvalue weighted by molar-refractivity contribution is 7.15. The molecule has 1 fully saturated rings. The first kappa shape index (κ1) is 31.5. The summed E-state index contributed by atoms with van der Waals surface area (Å²) in [7, 11) is 0. The summed E-state index contributed by atoms with van der Waals surface area (Å²) in [6.45, 7) is 9.67. The van der Waals surface area contributed by atoms with Gasteiger partial charge in [-0.15, -0.1) is 11.3 Å². The molecule has 232 valence electrons. The first-order chi connectivity index (χ1) is 21.0. The fourth-order valence-electron chi connectivity index (χ4n) is 5.21. The average molecular weight is 624 g/mol. The maximum atomic E-state index is 13.1. The van der Waals surface area contributed by atoms with Crippen LogP contribution in [0.15, 0.2) is 66.7 Å². The second-order valence-electron chi connectivity index (χ2n) is 11.3. The van der Waals surface area contributed by atoms with Crippen LogP contribution in [0.5, 0.6) is 11.5 Å². The molecule has 0 bridgehead atoms. The number of anilines is 1. The minimum atomic E-state index is -4.41. The van der Waals surface area contributed by atoms with E-state index in [1.807, 2.05) is 26.0 Å². The maximum Gasteiger partial charge on any atom is 0.416 e. The molecule has 0 saturated carbocycles. The highest BCUT2D eigenvalue weighted by Gasteiger charge is 2.30. The Bertz CT molecular complexity index is 1580. The Kier molecular flexibility index (Phi) is 9.60. The van der Waals surface area contributed by atoms with Crippen molar-refractivity contribution in [2.24, 2.45) is 0 Å². The number of ketones is 1. The SMILES string of the molecule is Cc1cc(C(=O)CCc2sc(-c3ccc(C(F)(F)F)cc3)nc2CN2CCN(c3ccc(OC(C)C)cc3)CC2)ccc1O. The maximum absolute atomic E-state index is 13.1. The highest BCUT2D eigenvalue weighted by Crippen LogP contribution is 2.34. The number of aromatic hydroxyl groups is 1. The van der Waals surface area contributed by atoms with Crippen LogP contribution in [0, 0.1) is 6.92 Å². The van der Waals surface area contributed by atoms with E-state index in [0.717, 1.165) is 60.3 Å². The number of alkyl halides is 3. The van der Waals surface area contributed by atoms with Crippen LogP contribution in [0.4, 0.5) is 18.9 Å². The molecule has 0 unspecified atom stereocenters. The van der Waals surface area contributed by atoms with Crippen LogP contribution in [0.25, 0.3) is 10.6 Å². The van der Waals surface area contributed by atoms with Crippen molar-refractivity contribution in [3.05, 3.63) is 94.0 Å². The van der Waals surface area contributed by atoms with Crippen LogP contribution >= 0.6 is 11.3 Å². The monoisotopic (exact) mass is 623 g/mol. The zero-order valence-corrected chi connectivity index (χ0v) is 25.8. The lowest BCUT2D eigenvalue weighted by atomic mass is 10.0. The number of carbonyl (C=O) groups is 1. The molecule has 0 atom stereocenters. The molecule has 6 nitrogen and oxygen atoms in total. The molecule has 1 aliphatic heterocycles. The van der Waals surface area contributed by atoms with Crippen LogP contribution < -0.4 is 9.64 Å². The number of nitrogens with zero attached hydrogens (tertiary/aromatic N) is 3. The molecule has 5 rings (SSSR count). The molecule has 4 aromatic rings. The molecule has 3 aromatic carbocycles. The van der Waals surface area contributed by atoms with E-state index in [1.54, 1.807) is 19.1 Å². The van der Waals surface area contributed by atoms with Gasteiger partial charge in [0.25, 0.3) is 0 Å². The normalized spacial score (nSPS) is 14.3. The number of phenols is 1. The third-order valence-electron chi connectivity index (χ3n) is 7.65. The lowest BCUT2D eigenvalue weighted by molar-refractivity contribution is -0.137. The number of aryl methyl sites for hydroxylation is 2. The van der Waals surface area contributed by atoms with Crippen molar-refractivity contribution in [1.29, 1.82) is 0 Å². The first-order valence-electron chi connectivity index (χ1n) is 14.7. The van der Waals surface area contributed by atoms with Crippen LogP contribution in [0.1, 0.15) is 52.3 Å². The smallest absolute Gasteiger partial charge is 0.416 e. The predicted octanol–water partition coefficient (Wildman–Crippen LogP) is 7.77. The van der Waals surface area contributed by atoms with Crippen molar-refractivity contribution in [2.45, 2.75) is 52.4 Å². The molecule has 0 radical (unpaired) electrons. The number of hydrogen-bond donors (Lipinski definition) is 1. The van der Waals surface area contributed by atoms with Gasteiger partial charge >= 0.3 is 6.18 Å². The number of carbonyl (C=O) groups excluding carboxylic acids is 1. The molecule has 1 aromatic heterocycles. The largest absolute Gasteiger partial charge is 0.508 e. The van der Waals surface area contributed by atoms with Crippen molar-refractivity contribution < 1.29 is 27.8 Å². The lowest BCUT2D eigenvalue weighted by Crippen LogP contribution is -2.46. The van der Waals surface area contributed by atoms with Crippen molar-refractivity contribution in [2.75, 3.05) is 31.1 Å². The topological polar surface area (TPSA) is 65.9 Å². The van der Waals surface area contributed by atoms with Gasteiger partial charge < -0.3 is 14.7 Å². The van der Waals surface area contributed by atoms with Gasteiger partial charge in [0.15, 0.2) is 5.78 Å². The quantitative estimate of drug-likeness (QED) is 0.182. The lowest BCUT2D eigenvalue weighted by Gasteiger charge is -2.36. The zero-order valence-electron chi connectivity index (χ0n) is 25.0.